The molecule has 0 radical (unpaired) electrons. The van der Waals surface area contributed by atoms with Gasteiger partial charge in [0.05, 0.1) is 18.7 Å². The van der Waals surface area contributed by atoms with E-state index in [9.17, 15) is 4.79 Å². The highest BCUT2D eigenvalue weighted by Gasteiger charge is 2.27. The van der Waals surface area contributed by atoms with Crippen LogP contribution in [0.2, 0.25) is 0 Å². The lowest BCUT2D eigenvalue weighted by Crippen LogP contribution is -2.41. The number of nitrogens with one attached hydrogen (secondary N) is 1. The van der Waals surface area contributed by atoms with Crippen LogP contribution in [0.1, 0.15) is 25.3 Å². The molecule has 1 aliphatic heterocycles. The zero-order valence-corrected chi connectivity index (χ0v) is 18.0. The Kier molecular flexibility index (Phi) is 6.46. The third-order valence-electron chi connectivity index (χ3n) is 5.81. The van der Waals surface area contributed by atoms with Gasteiger partial charge in [-0.25, -0.2) is 9.97 Å². The van der Waals surface area contributed by atoms with Crippen LogP contribution < -0.4 is 15.0 Å². The second-order valence-corrected chi connectivity index (χ2v) is 7.78. The van der Waals surface area contributed by atoms with Crippen molar-refractivity contribution in [1.29, 1.82) is 0 Å². The number of hydrogen-bond donors (Lipinski definition) is 1. The van der Waals surface area contributed by atoms with Gasteiger partial charge in [0.2, 0.25) is 5.91 Å². The maximum Gasteiger partial charge on any atom is 0.229 e. The number of aromatic nitrogens is 2. The number of rotatable bonds is 6. The number of ether oxygens (including phenoxy) is 1. The first-order chi connectivity index (χ1) is 15.2. The van der Waals surface area contributed by atoms with Crippen molar-refractivity contribution in [3.05, 3.63) is 66.5 Å². The standard InChI is InChI=1S/C25H28N4O2/c1-3-18-7-4-5-9-22(18)28-25(30)20-8-6-14-29(16-20)24-15-23(26-17-27-24)19-10-12-21(31-2)13-11-19/h4-5,7,9-13,15,17,20H,3,6,8,14,16H2,1-2H3,(H,28,30). The number of benzene rings is 2. The molecule has 0 spiro atoms. The van der Waals surface area contributed by atoms with Crippen molar-refractivity contribution in [1.82, 2.24) is 9.97 Å². The molecule has 6 nitrogen and oxygen atoms in total. The van der Waals surface area contributed by atoms with E-state index in [4.69, 9.17) is 4.74 Å². The molecule has 1 aliphatic rings. The Balaban J connectivity index is 1.47. The van der Waals surface area contributed by atoms with Crippen LogP contribution in [0, 0.1) is 5.92 Å². The fraction of sp³-hybridized carbons (Fsp3) is 0.320. The van der Waals surface area contributed by atoms with Crippen molar-refractivity contribution in [3.63, 3.8) is 0 Å². The third-order valence-corrected chi connectivity index (χ3v) is 5.81. The summed E-state index contributed by atoms with van der Waals surface area (Å²) < 4.78 is 5.24. The topological polar surface area (TPSA) is 67.4 Å². The number of carbonyl (C=O) groups is 1. The lowest BCUT2D eigenvalue weighted by Gasteiger charge is -2.33. The summed E-state index contributed by atoms with van der Waals surface area (Å²) in [5, 5.41) is 3.14. The molecule has 1 N–H and O–H groups in total. The molecule has 4 rings (SSSR count). The first kappa shape index (κ1) is 20.8. The van der Waals surface area contributed by atoms with E-state index in [0.29, 0.717) is 6.54 Å². The Morgan fingerprint density at radius 3 is 2.74 bits per heavy atom. The number of hydrogen-bond acceptors (Lipinski definition) is 5. The SMILES string of the molecule is CCc1ccccc1NC(=O)C1CCCN(c2cc(-c3ccc(OC)cc3)ncn2)C1. The normalized spacial score (nSPS) is 16.1. The highest BCUT2D eigenvalue weighted by molar-refractivity contribution is 5.93. The van der Waals surface area contributed by atoms with E-state index in [1.54, 1.807) is 13.4 Å². The van der Waals surface area contributed by atoms with Crippen molar-refractivity contribution in [2.24, 2.45) is 5.92 Å². The number of methoxy groups -OCH3 is 1. The van der Waals surface area contributed by atoms with Crippen LogP contribution in [0.5, 0.6) is 5.75 Å². The van der Waals surface area contributed by atoms with E-state index in [1.807, 2.05) is 48.5 Å². The van der Waals surface area contributed by atoms with Crippen LogP contribution >= 0.6 is 0 Å². The Hall–Kier alpha value is -3.41. The van der Waals surface area contributed by atoms with Gasteiger partial charge in [0, 0.05) is 30.4 Å². The smallest absolute Gasteiger partial charge is 0.229 e. The average molecular weight is 417 g/mol. The van der Waals surface area contributed by atoms with E-state index < -0.39 is 0 Å². The third kappa shape index (κ3) is 4.85. The van der Waals surface area contributed by atoms with E-state index in [0.717, 1.165) is 59.9 Å². The van der Waals surface area contributed by atoms with Crippen LogP contribution in [0.4, 0.5) is 11.5 Å². The van der Waals surface area contributed by atoms with Gasteiger partial charge < -0.3 is 15.0 Å². The number of aryl methyl sites for hydroxylation is 1. The number of nitrogens with zero attached hydrogens (tertiary/aromatic N) is 3. The van der Waals surface area contributed by atoms with Crippen molar-refractivity contribution in [3.8, 4) is 17.0 Å². The van der Waals surface area contributed by atoms with Crippen LogP contribution in [0.3, 0.4) is 0 Å². The first-order valence-electron chi connectivity index (χ1n) is 10.8. The van der Waals surface area contributed by atoms with Gasteiger partial charge in [-0.05, 0) is 55.2 Å². The second kappa shape index (κ2) is 9.60. The minimum Gasteiger partial charge on any atom is -0.497 e. The molecule has 1 atom stereocenters. The monoisotopic (exact) mass is 416 g/mol. The van der Waals surface area contributed by atoms with Crippen LogP contribution in [-0.2, 0) is 11.2 Å². The van der Waals surface area contributed by atoms with Crippen LogP contribution in [-0.4, -0.2) is 36.1 Å². The second-order valence-electron chi connectivity index (χ2n) is 7.78. The Morgan fingerprint density at radius 1 is 1.16 bits per heavy atom. The summed E-state index contributed by atoms with van der Waals surface area (Å²) in [6.45, 7) is 3.64. The summed E-state index contributed by atoms with van der Waals surface area (Å²) in [4.78, 5) is 24.1. The fourth-order valence-electron chi connectivity index (χ4n) is 4.02. The van der Waals surface area contributed by atoms with Crippen LogP contribution in [0.25, 0.3) is 11.3 Å². The van der Waals surface area contributed by atoms with Gasteiger partial charge in [-0.15, -0.1) is 0 Å². The lowest BCUT2D eigenvalue weighted by atomic mass is 9.96. The van der Waals surface area contributed by atoms with Gasteiger partial charge >= 0.3 is 0 Å². The van der Waals surface area contributed by atoms with Crippen LogP contribution in [0.15, 0.2) is 60.9 Å². The van der Waals surface area contributed by atoms with Gasteiger partial charge in [0.25, 0.3) is 0 Å². The summed E-state index contributed by atoms with van der Waals surface area (Å²) in [5.41, 5.74) is 3.93. The summed E-state index contributed by atoms with van der Waals surface area (Å²) in [6, 6.07) is 17.8. The molecule has 0 aliphatic carbocycles. The predicted octanol–water partition coefficient (Wildman–Crippen LogP) is 4.57. The molecule has 1 aromatic heterocycles. The molecule has 2 heterocycles. The maximum atomic E-state index is 13.0. The molecule has 2 aromatic carbocycles. The molecule has 3 aromatic rings. The molecule has 1 saturated heterocycles. The zero-order chi connectivity index (χ0) is 21.6. The Bertz CT molecular complexity index is 1040. The molecule has 160 valence electrons. The van der Waals surface area contributed by atoms with Gasteiger partial charge in [0.1, 0.15) is 17.9 Å². The van der Waals surface area contributed by atoms with E-state index >= 15 is 0 Å². The largest absolute Gasteiger partial charge is 0.497 e. The fourth-order valence-corrected chi connectivity index (χ4v) is 4.02. The van der Waals surface area contributed by atoms with Crippen molar-refractivity contribution in [2.45, 2.75) is 26.2 Å². The molecule has 6 heteroatoms. The van der Waals surface area contributed by atoms with Gasteiger partial charge in [-0.2, -0.15) is 0 Å². The summed E-state index contributed by atoms with van der Waals surface area (Å²) >= 11 is 0. The molecular weight excluding hydrogens is 388 g/mol. The van der Waals surface area contributed by atoms with E-state index in [-0.39, 0.29) is 11.8 Å². The minimum absolute atomic E-state index is 0.0712. The number of piperidine rings is 1. The molecule has 0 bridgehead atoms. The van der Waals surface area contributed by atoms with Gasteiger partial charge in [0.15, 0.2) is 0 Å². The van der Waals surface area contributed by atoms with Gasteiger partial charge in [-0.1, -0.05) is 25.1 Å². The van der Waals surface area contributed by atoms with Crippen molar-refractivity contribution >= 4 is 17.4 Å². The van der Waals surface area contributed by atoms with E-state index in [2.05, 4.69) is 33.2 Å². The molecular formula is C25H28N4O2. The number of para-hydroxylation sites is 1. The summed E-state index contributed by atoms with van der Waals surface area (Å²) in [6.07, 6.45) is 4.32. The number of amides is 1. The number of anilines is 2. The Morgan fingerprint density at radius 2 is 1.97 bits per heavy atom. The van der Waals surface area contributed by atoms with Gasteiger partial charge in [-0.3, -0.25) is 4.79 Å². The van der Waals surface area contributed by atoms with Crippen molar-refractivity contribution in [2.75, 3.05) is 30.4 Å². The molecule has 31 heavy (non-hydrogen) atoms. The maximum absolute atomic E-state index is 13.0. The minimum atomic E-state index is -0.0712. The van der Waals surface area contributed by atoms with E-state index in [1.165, 1.54) is 0 Å². The number of carbonyl (C=O) groups excluding carboxylic acids is 1. The first-order valence-corrected chi connectivity index (χ1v) is 10.8. The molecule has 1 fully saturated rings. The summed E-state index contributed by atoms with van der Waals surface area (Å²) in [5.74, 6) is 1.67. The predicted molar refractivity (Wildman–Crippen MR) is 123 cm³/mol. The molecule has 1 unspecified atom stereocenters. The summed E-state index contributed by atoms with van der Waals surface area (Å²) in [7, 11) is 1.65. The highest BCUT2D eigenvalue weighted by atomic mass is 16.5. The van der Waals surface area contributed by atoms with Crippen molar-refractivity contribution < 1.29 is 9.53 Å². The Labute approximate surface area is 183 Å². The zero-order valence-electron chi connectivity index (χ0n) is 18.0. The molecule has 0 saturated carbocycles. The lowest BCUT2D eigenvalue weighted by molar-refractivity contribution is -0.120. The highest BCUT2D eigenvalue weighted by Crippen LogP contribution is 2.27. The average Bonchev–Trinajstić information content (AvgIpc) is 2.84. The quantitative estimate of drug-likeness (QED) is 0.638. The molecule has 1 amide bonds.